The lowest BCUT2D eigenvalue weighted by atomic mass is 10.4. The third kappa shape index (κ3) is 1.46. The zero-order valence-corrected chi connectivity index (χ0v) is 5.69. The van der Waals surface area contributed by atoms with Gasteiger partial charge >= 0.3 is 0 Å². The van der Waals surface area contributed by atoms with Gasteiger partial charge in [-0.3, -0.25) is 5.32 Å². The van der Waals surface area contributed by atoms with E-state index in [4.69, 9.17) is 4.74 Å². The van der Waals surface area contributed by atoms with Crippen molar-refractivity contribution < 1.29 is 4.74 Å². The van der Waals surface area contributed by atoms with E-state index in [1.807, 2.05) is 13.8 Å². The summed E-state index contributed by atoms with van der Waals surface area (Å²) in [6, 6.07) is 0. The predicted octanol–water partition coefficient (Wildman–Crippen LogP) is 0.731. The van der Waals surface area contributed by atoms with Crippen molar-refractivity contribution in [3.05, 3.63) is 0 Å². The highest BCUT2D eigenvalue weighted by Gasteiger charge is 2.38. The fourth-order valence-electron chi connectivity index (χ4n) is 0.728. The van der Waals surface area contributed by atoms with Crippen LogP contribution in [0, 0.1) is 0 Å². The van der Waals surface area contributed by atoms with E-state index in [9.17, 15) is 0 Å². The van der Waals surface area contributed by atoms with E-state index in [1.165, 1.54) is 0 Å². The van der Waals surface area contributed by atoms with Crippen LogP contribution in [-0.4, -0.2) is 18.4 Å². The molecule has 0 aliphatic carbocycles. The molecule has 1 heterocycles. The minimum atomic E-state index is 0.0220. The van der Waals surface area contributed by atoms with Crippen molar-refractivity contribution >= 4 is 0 Å². The van der Waals surface area contributed by atoms with Gasteiger partial charge in [0, 0.05) is 6.54 Å². The summed E-state index contributed by atoms with van der Waals surface area (Å²) in [5, 5.41) is 3.12. The first kappa shape index (κ1) is 6.05. The normalized spacial score (nSPS) is 36.0. The summed E-state index contributed by atoms with van der Waals surface area (Å²) in [6.45, 7) is 7.16. The van der Waals surface area contributed by atoms with E-state index in [1.54, 1.807) is 0 Å². The van der Waals surface area contributed by atoms with Gasteiger partial charge in [-0.15, -0.1) is 0 Å². The zero-order valence-electron chi connectivity index (χ0n) is 5.69. The van der Waals surface area contributed by atoms with Crippen LogP contribution in [0.25, 0.3) is 0 Å². The second-order valence-electron chi connectivity index (χ2n) is 2.75. The molecule has 0 aromatic heterocycles. The van der Waals surface area contributed by atoms with Gasteiger partial charge in [0.15, 0.2) is 0 Å². The van der Waals surface area contributed by atoms with Gasteiger partial charge in [0.05, 0.1) is 6.10 Å². The standard InChI is InChI=1S/C6H13NO/c1-5(2)8-6(3)4-7-6/h5,7H,4H2,1-3H3. The second kappa shape index (κ2) is 1.71. The Bertz CT molecular complexity index is 86.5. The van der Waals surface area contributed by atoms with Crippen molar-refractivity contribution in [2.24, 2.45) is 0 Å². The van der Waals surface area contributed by atoms with E-state index in [0.717, 1.165) is 6.54 Å². The molecule has 2 nitrogen and oxygen atoms in total. The number of nitrogens with one attached hydrogen (secondary N) is 1. The lowest BCUT2D eigenvalue weighted by Gasteiger charge is -2.11. The van der Waals surface area contributed by atoms with Gasteiger partial charge in [-0.2, -0.15) is 0 Å². The average molecular weight is 115 g/mol. The predicted molar refractivity (Wildman–Crippen MR) is 32.6 cm³/mol. The molecule has 2 heteroatoms. The molecule has 0 amide bonds. The van der Waals surface area contributed by atoms with Gasteiger partial charge in [-0.1, -0.05) is 0 Å². The van der Waals surface area contributed by atoms with E-state index in [-0.39, 0.29) is 5.72 Å². The molecule has 8 heavy (non-hydrogen) atoms. The maximum Gasteiger partial charge on any atom is 0.129 e. The molecule has 1 rings (SSSR count). The molecule has 0 radical (unpaired) electrons. The van der Waals surface area contributed by atoms with Crippen LogP contribution < -0.4 is 5.32 Å². The monoisotopic (exact) mass is 115 g/mol. The number of hydrogen-bond acceptors (Lipinski definition) is 2. The Morgan fingerprint density at radius 2 is 2.12 bits per heavy atom. The quantitative estimate of drug-likeness (QED) is 0.538. The van der Waals surface area contributed by atoms with Crippen LogP contribution in [0.3, 0.4) is 0 Å². The van der Waals surface area contributed by atoms with E-state index < -0.39 is 0 Å². The zero-order chi connectivity index (χ0) is 6.20. The van der Waals surface area contributed by atoms with Gasteiger partial charge in [-0.25, -0.2) is 0 Å². The van der Waals surface area contributed by atoms with Crippen LogP contribution in [-0.2, 0) is 4.74 Å². The first-order chi connectivity index (χ1) is 3.62. The lowest BCUT2D eigenvalue weighted by Crippen LogP contribution is -2.19. The van der Waals surface area contributed by atoms with Crippen LogP contribution in [0.5, 0.6) is 0 Å². The molecule has 1 saturated heterocycles. The molecule has 0 spiro atoms. The summed E-state index contributed by atoms with van der Waals surface area (Å²) in [7, 11) is 0. The molecule has 1 unspecified atom stereocenters. The molecule has 1 N–H and O–H groups in total. The topological polar surface area (TPSA) is 31.2 Å². The molecule has 0 bridgehead atoms. The van der Waals surface area contributed by atoms with Gasteiger partial charge in [0.1, 0.15) is 5.72 Å². The molecule has 1 atom stereocenters. The lowest BCUT2D eigenvalue weighted by molar-refractivity contribution is -0.00209. The maximum atomic E-state index is 5.44. The van der Waals surface area contributed by atoms with Crippen LogP contribution in [0.1, 0.15) is 20.8 Å². The van der Waals surface area contributed by atoms with Gasteiger partial charge in [0.2, 0.25) is 0 Å². The van der Waals surface area contributed by atoms with E-state index in [0.29, 0.717) is 6.10 Å². The molecular weight excluding hydrogens is 102 g/mol. The highest BCUT2D eigenvalue weighted by atomic mass is 16.5. The van der Waals surface area contributed by atoms with Gasteiger partial charge in [0.25, 0.3) is 0 Å². The SMILES string of the molecule is CC(C)OC1(C)CN1. The van der Waals surface area contributed by atoms with Crippen molar-refractivity contribution in [3.8, 4) is 0 Å². The van der Waals surface area contributed by atoms with E-state index in [2.05, 4.69) is 12.2 Å². The highest BCUT2D eigenvalue weighted by Crippen LogP contribution is 2.18. The number of ether oxygens (including phenoxy) is 1. The second-order valence-corrected chi connectivity index (χ2v) is 2.75. The average Bonchev–Trinajstić information content (AvgIpc) is 2.17. The van der Waals surface area contributed by atoms with Gasteiger partial charge in [-0.05, 0) is 20.8 Å². The molecule has 0 saturated carbocycles. The Morgan fingerprint density at radius 1 is 1.62 bits per heavy atom. The summed E-state index contributed by atoms with van der Waals surface area (Å²) in [4.78, 5) is 0. The fraction of sp³-hybridized carbons (Fsp3) is 1.00. The Balaban J connectivity index is 2.19. The number of rotatable bonds is 2. The molecule has 0 aromatic rings. The summed E-state index contributed by atoms with van der Waals surface area (Å²) < 4.78 is 5.44. The Hall–Kier alpha value is -0.0800. The third-order valence-corrected chi connectivity index (χ3v) is 1.17. The fourth-order valence-corrected chi connectivity index (χ4v) is 0.728. The minimum Gasteiger partial charge on any atom is -0.357 e. The molecular formula is C6H13NO. The maximum absolute atomic E-state index is 5.44. The van der Waals surface area contributed by atoms with Crippen molar-refractivity contribution in [2.75, 3.05) is 6.54 Å². The molecule has 48 valence electrons. The number of hydrogen-bond donors (Lipinski definition) is 1. The van der Waals surface area contributed by atoms with Crippen molar-refractivity contribution in [3.63, 3.8) is 0 Å². The van der Waals surface area contributed by atoms with Crippen LogP contribution in [0.4, 0.5) is 0 Å². The first-order valence-electron chi connectivity index (χ1n) is 3.05. The minimum absolute atomic E-state index is 0.0220. The Labute approximate surface area is 50.2 Å². The molecule has 1 aliphatic rings. The van der Waals surface area contributed by atoms with Crippen molar-refractivity contribution in [1.82, 2.24) is 5.32 Å². The summed E-state index contributed by atoms with van der Waals surface area (Å²) in [6.07, 6.45) is 0.343. The Kier molecular flexibility index (Phi) is 1.29. The van der Waals surface area contributed by atoms with Crippen LogP contribution in [0.15, 0.2) is 0 Å². The Morgan fingerprint density at radius 3 is 2.25 bits per heavy atom. The molecule has 1 fully saturated rings. The largest absolute Gasteiger partial charge is 0.357 e. The highest BCUT2D eigenvalue weighted by molar-refractivity contribution is 4.90. The first-order valence-corrected chi connectivity index (χ1v) is 3.05. The third-order valence-electron chi connectivity index (χ3n) is 1.17. The van der Waals surface area contributed by atoms with Gasteiger partial charge < -0.3 is 4.74 Å². The smallest absolute Gasteiger partial charge is 0.129 e. The molecule has 1 aliphatic heterocycles. The van der Waals surface area contributed by atoms with Crippen molar-refractivity contribution in [2.45, 2.75) is 32.6 Å². The van der Waals surface area contributed by atoms with E-state index >= 15 is 0 Å². The summed E-state index contributed by atoms with van der Waals surface area (Å²) >= 11 is 0. The summed E-state index contributed by atoms with van der Waals surface area (Å²) in [5.41, 5.74) is 0.0220. The molecule has 0 aromatic carbocycles. The van der Waals surface area contributed by atoms with Crippen molar-refractivity contribution in [1.29, 1.82) is 0 Å². The van der Waals surface area contributed by atoms with Crippen LogP contribution in [0.2, 0.25) is 0 Å². The summed E-state index contributed by atoms with van der Waals surface area (Å²) in [5.74, 6) is 0. The van der Waals surface area contributed by atoms with Crippen LogP contribution >= 0.6 is 0 Å².